The van der Waals surface area contributed by atoms with Crippen molar-refractivity contribution in [1.82, 2.24) is 10.2 Å². The molecule has 2 N–H and O–H groups in total. The highest BCUT2D eigenvalue weighted by Gasteiger charge is 2.36. The topological polar surface area (TPSA) is 95.6 Å². The van der Waals surface area contributed by atoms with Crippen LogP contribution in [0, 0.1) is 0 Å². The third kappa shape index (κ3) is 4.80. The summed E-state index contributed by atoms with van der Waals surface area (Å²) in [5.74, 6) is -2.34. The number of carbonyl (C=O) groups is 4. The van der Waals surface area contributed by atoms with E-state index in [1.165, 1.54) is 31.2 Å². The zero-order valence-corrected chi connectivity index (χ0v) is 13.7. The second-order valence-electron chi connectivity index (χ2n) is 5.70. The van der Waals surface area contributed by atoms with E-state index in [2.05, 4.69) is 5.32 Å². The summed E-state index contributed by atoms with van der Waals surface area (Å²) in [6.07, 6.45) is -4.37. The van der Waals surface area contributed by atoms with Crippen LogP contribution in [0.25, 0.3) is 0 Å². The minimum absolute atomic E-state index is 0.00908. The molecule has 1 saturated heterocycles. The Bertz CT molecular complexity index is 715. The predicted molar refractivity (Wildman–Crippen MR) is 84.0 cm³/mol. The third-order valence-corrected chi connectivity index (χ3v) is 3.72. The Morgan fingerprint density at radius 3 is 2.15 bits per heavy atom. The highest BCUT2D eigenvalue weighted by Crippen LogP contribution is 2.17. The van der Waals surface area contributed by atoms with Gasteiger partial charge in [-0.05, 0) is 31.2 Å². The summed E-state index contributed by atoms with van der Waals surface area (Å²) >= 11 is 0. The number of nitrogens with one attached hydrogen (secondary N) is 2. The Labute approximate surface area is 146 Å². The number of carbonyl (C=O) groups excluding carboxylic acids is 4. The number of likely N-dealkylation sites (tertiary alicyclic amines) is 1. The van der Waals surface area contributed by atoms with Crippen molar-refractivity contribution in [3.8, 4) is 0 Å². The summed E-state index contributed by atoms with van der Waals surface area (Å²) in [5, 5.41) is 4.22. The Kier molecular flexibility index (Phi) is 5.63. The van der Waals surface area contributed by atoms with Crippen molar-refractivity contribution in [1.29, 1.82) is 0 Å². The molecule has 7 nitrogen and oxygen atoms in total. The van der Waals surface area contributed by atoms with Gasteiger partial charge in [-0.1, -0.05) is 0 Å². The van der Waals surface area contributed by atoms with Crippen molar-refractivity contribution in [2.75, 3.05) is 11.9 Å². The molecule has 1 heterocycles. The maximum atomic E-state index is 12.2. The van der Waals surface area contributed by atoms with Crippen LogP contribution in [0.4, 0.5) is 18.9 Å². The van der Waals surface area contributed by atoms with E-state index in [1.807, 2.05) is 0 Å². The molecular formula is C16H16F3N3O4. The van der Waals surface area contributed by atoms with Gasteiger partial charge in [0.25, 0.3) is 5.91 Å². The number of nitrogens with zero attached hydrogens (tertiary/aromatic N) is 1. The molecule has 26 heavy (non-hydrogen) atoms. The van der Waals surface area contributed by atoms with Crippen LogP contribution in [0.1, 0.15) is 30.1 Å². The number of imide groups is 1. The summed E-state index contributed by atoms with van der Waals surface area (Å²) < 4.78 is 36.3. The Hall–Kier alpha value is -2.91. The standard InChI is InChI=1S/C16H16F3N3O4/c1-9(22-12(23)6-7-13(22)24)14(25)21-11-4-2-10(3-5-11)15(26)20-8-16(17,18)19/h2-5,9H,6-8H2,1H3,(H,20,26)(H,21,25). The van der Waals surface area contributed by atoms with Crippen LogP contribution in [-0.2, 0) is 14.4 Å². The van der Waals surface area contributed by atoms with Gasteiger partial charge in [0, 0.05) is 24.1 Å². The van der Waals surface area contributed by atoms with Gasteiger partial charge in [0.15, 0.2) is 0 Å². The van der Waals surface area contributed by atoms with Gasteiger partial charge in [-0.2, -0.15) is 13.2 Å². The molecule has 10 heteroatoms. The molecule has 1 unspecified atom stereocenters. The number of hydrogen-bond donors (Lipinski definition) is 2. The van der Waals surface area contributed by atoms with Gasteiger partial charge in [0.05, 0.1) is 0 Å². The fourth-order valence-electron chi connectivity index (χ4n) is 2.38. The molecule has 0 aliphatic carbocycles. The number of benzene rings is 1. The SMILES string of the molecule is CC(C(=O)Nc1ccc(C(=O)NCC(F)(F)F)cc1)N1C(=O)CCC1=O. The lowest BCUT2D eigenvalue weighted by molar-refractivity contribution is -0.144. The first-order valence-electron chi connectivity index (χ1n) is 7.69. The first kappa shape index (κ1) is 19.4. The zero-order valence-electron chi connectivity index (χ0n) is 13.7. The molecule has 0 saturated carbocycles. The van der Waals surface area contributed by atoms with Gasteiger partial charge in [-0.25, -0.2) is 0 Å². The van der Waals surface area contributed by atoms with Crippen LogP contribution < -0.4 is 10.6 Å². The molecule has 1 aromatic rings. The average Bonchev–Trinajstić information content (AvgIpc) is 2.90. The lowest BCUT2D eigenvalue weighted by Gasteiger charge is -2.21. The van der Waals surface area contributed by atoms with Crippen molar-refractivity contribution in [2.45, 2.75) is 32.0 Å². The molecule has 1 aromatic carbocycles. The lowest BCUT2D eigenvalue weighted by atomic mass is 10.2. The Balaban J connectivity index is 1.96. The van der Waals surface area contributed by atoms with Crippen molar-refractivity contribution in [3.05, 3.63) is 29.8 Å². The van der Waals surface area contributed by atoms with Crippen LogP contribution in [-0.4, -0.2) is 47.3 Å². The Morgan fingerprint density at radius 1 is 1.12 bits per heavy atom. The number of anilines is 1. The maximum Gasteiger partial charge on any atom is 0.405 e. The minimum atomic E-state index is -4.51. The first-order chi connectivity index (χ1) is 12.1. The summed E-state index contributed by atoms with van der Waals surface area (Å²) in [6.45, 7) is -0.0326. The van der Waals surface area contributed by atoms with Crippen LogP contribution in [0.15, 0.2) is 24.3 Å². The highest BCUT2D eigenvalue weighted by molar-refractivity contribution is 6.07. The van der Waals surface area contributed by atoms with Gasteiger partial charge >= 0.3 is 6.18 Å². The van der Waals surface area contributed by atoms with E-state index >= 15 is 0 Å². The second kappa shape index (κ2) is 7.54. The summed E-state index contributed by atoms with van der Waals surface area (Å²) in [7, 11) is 0. The number of alkyl halides is 3. The van der Waals surface area contributed by atoms with Crippen LogP contribution in [0.2, 0.25) is 0 Å². The van der Waals surface area contributed by atoms with Crippen LogP contribution in [0.5, 0.6) is 0 Å². The number of amides is 4. The number of rotatable bonds is 5. The molecule has 1 aliphatic heterocycles. The van der Waals surface area contributed by atoms with Gasteiger partial charge in [-0.3, -0.25) is 24.1 Å². The lowest BCUT2D eigenvalue weighted by Crippen LogP contribution is -2.44. The maximum absolute atomic E-state index is 12.2. The fourth-order valence-corrected chi connectivity index (χ4v) is 2.38. The van der Waals surface area contributed by atoms with Gasteiger partial charge in [0.2, 0.25) is 17.7 Å². The van der Waals surface area contributed by atoms with Crippen molar-refractivity contribution in [2.24, 2.45) is 0 Å². The van der Waals surface area contributed by atoms with Gasteiger partial charge < -0.3 is 10.6 Å². The molecule has 1 aliphatic rings. The quantitative estimate of drug-likeness (QED) is 0.766. The Morgan fingerprint density at radius 2 is 1.65 bits per heavy atom. The van der Waals surface area contributed by atoms with Crippen molar-refractivity contribution >= 4 is 29.3 Å². The molecule has 1 fully saturated rings. The largest absolute Gasteiger partial charge is 0.405 e. The molecule has 2 rings (SSSR count). The van der Waals surface area contributed by atoms with E-state index in [4.69, 9.17) is 0 Å². The summed E-state index contributed by atoms with van der Waals surface area (Å²) in [5.41, 5.74) is 0.263. The van der Waals surface area contributed by atoms with Gasteiger partial charge in [-0.15, -0.1) is 0 Å². The molecule has 4 amide bonds. The molecule has 140 valence electrons. The normalized spacial score (nSPS) is 15.8. The van der Waals surface area contributed by atoms with E-state index < -0.39 is 42.4 Å². The number of hydrogen-bond acceptors (Lipinski definition) is 4. The minimum Gasteiger partial charge on any atom is -0.343 e. The molecule has 1 atom stereocenters. The molecular weight excluding hydrogens is 355 g/mol. The van der Waals surface area contributed by atoms with Crippen molar-refractivity contribution in [3.63, 3.8) is 0 Å². The molecule has 0 spiro atoms. The van der Waals surface area contributed by atoms with Crippen LogP contribution >= 0.6 is 0 Å². The average molecular weight is 371 g/mol. The van der Waals surface area contributed by atoms with E-state index in [9.17, 15) is 32.3 Å². The van der Waals surface area contributed by atoms with Crippen LogP contribution in [0.3, 0.4) is 0 Å². The van der Waals surface area contributed by atoms with E-state index in [0.29, 0.717) is 0 Å². The van der Waals surface area contributed by atoms with E-state index in [1.54, 1.807) is 5.32 Å². The molecule has 0 radical (unpaired) electrons. The number of halogens is 3. The predicted octanol–water partition coefficient (Wildman–Crippen LogP) is 1.45. The monoisotopic (exact) mass is 371 g/mol. The third-order valence-electron chi connectivity index (χ3n) is 3.72. The zero-order chi connectivity index (χ0) is 19.5. The smallest absolute Gasteiger partial charge is 0.343 e. The summed E-state index contributed by atoms with van der Waals surface area (Å²) in [6, 6.07) is 4.17. The summed E-state index contributed by atoms with van der Waals surface area (Å²) in [4.78, 5) is 47.9. The highest BCUT2D eigenvalue weighted by atomic mass is 19.4. The van der Waals surface area contributed by atoms with Gasteiger partial charge in [0.1, 0.15) is 12.6 Å². The van der Waals surface area contributed by atoms with Crippen molar-refractivity contribution < 1.29 is 32.3 Å². The molecule has 0 bridgehead atoms. The second-order valence-corrected chi connectivity index (χ2v) is 5.70. The van der Waals surface area contributed by atoms with E-state index in [-0.39, 0.29) is 24.1 Å². The first-order valence-corrected chi connectivity index (χ1v) is 7.69. The molecule has 0 aromatic heterocycles. The fraction of sp³-hybridized carbons (Fsp3) is 0.375. The van der Waals surface area contributed by atoms with E-state index in [0.717, 1.165) is 4.90 Å².